The molecule has 0 nitrogen and oxygen atoms in total. The van der Waals surface area contributed by atoms with Gasteiger partial charge in [0, 0.05) is 97.7 Å². The van der Waals surface area contributed by atoms with Gasteiger partial charge in [0.25, 0.3) is 0 Å². The Morgan fingerprint density at radius 3 is 1.00 bits per heavy atom. The monoisotopic (exact) mass is 348 g/mol. The van der Waals surface area contributed by atoms with E-state index < -0.39 is 0 Å². The van der Waals surface area contributed by atoms with Crippen molar-refractivity contribution in [3.63, 3.8) is 0 Å². The summed E-state index contributed by atoms with van der Waals surface area (Å²) in [7, 11) is 0. The molecule has 0 atom stereocenters. The van der Waals surface area contributed by atoms with Crippen molar-refractivity contribution in [1.82, 2.24) is 0 Å². The fourth-order valence-electron chi connectivity index (χ4n) is 0. The molecule has 5 heavy (non-hydrogen) atoms. The first-order valence-electron chi connectivity index (χ1n) is 0. The summed E-state index contributed by atoms with van der Waals surface area (Å²) in [4.78, 5) is 0. The number of rotatable bonds is 0. The fraction of sp³-hybridized carbons (Fsp3) is 0. The zero-order valence-corrected chi connectivity index (χ0v) is 12.8. The van der Waals surface area contributed by atoms with E-state index in [1.807, 2.05) is 0 Å². The maximum atomic E-state index is 0. The molecule has 0 heterocycles. The Morgan fingerprint density at radius 1 is 1.00 bits per heavy atom. The Bertz CT molecular complexity index is 11.6. The summed E-state index contributed by atoms with van der Waals surface area (Å²) in [6.07, 6.45) is 0. The van der Waals surface area contributed by atoms with Crippen molar-refractivity contribution in [1.29, 1.82) is 0 Å². The summed E-state index contributed by atoms with van der Waals surface area (Å²) in [5.74, 6) is 0. The minimum Gasteiger partial charge on any atom is 0 e. The summed E-state index contributed by atoms with van der Waals surface area (Å²) in [5, 5.41) is 0. The van der Waals surface area contributed by atoms with Crippen LogP contribution >= 0.6 is 0 Å². The van der Waals surface area contributed by atoms with E-state index in [-0.39, 0.29) is 97.7 Å². The summed E-state index contributed by atoms with van der Waals surface area (Å²) in [6.45, 7) is 0. The van der Waals surface area contributed by atoms with E-state index in [4.69, 9.17) is 0 Å². The molecule has 0 saturated heterocycles. The van der Waals surface area contributed by atoms with E-state index in [1.54, 1.807) is 0 Å². The predicted octanol–water partition coefficient (Wildman–Crippen LogP) is -0.0125. The van der Waals surface area contributed by atoms with Crippen molar-refractivity contribution >= 4 is 0 Å². The molecular weight excluding hydrogens is 348 g/mol. The van der Waals surface area contributed by atoms with E-state index in [0.29, 0.717) is 0 Å². The normalized spacial score (nSPS) is 0. The molecule has 5 heteroatoms. The SMILES string of the molecule is [Cd].[Co].[Fe].[Mn].[Zn]. The maximum Gasteiger partial charge on any atom is 0 e. The standard InChI is InChI=1S/Cd.Co.Fe.Mn.Zn. The van der Waals surface area contributed by atoms with Gasteiger partial charge in [-0.25, -0.2) is 0 Å². The van der Waals surface area contributed by atoms with Crippen molar-refractivity contribution in [2.45, 2.75) is 0 Å². The van der Waals surface area contributed by atoms with Crippen LogP contribution in [0.5, 0.6) is 0 Å². The summed E-state index contributed by atoms with van der Waals surface area (Å²) >= 11 is 0. The van der Waals surface area contributed by atoms with Gasteiger partial charge in [0.1, 0.15) is 0 Å². The summed E-state index contributed by atoms with van der Waals surface area (Å²) in [6, 6.07) is 0. The van der Waals surface area contributed by atoms with Crippen molar-refractivity contribution in [3.8, 4) is 0 Å². The van der Waals surface area contributed by atoms with Crippen LogP contribution < -0.4 is 0 Å². The molecule has 0 aromatic heterocycles. The smallest absolute Gasteiger partial charge is 0 e. The maximum absolute atomic E-state index is 0. The third kappa shape index (κ3) is 19.2. The number of hydrogen-bond donors (Lipinski definition) is 0. The molecular formula is CdCoFeMnZn. The Labute approximate surface area is 96.0 Å². The second-order valence-electron chi connectivity index (χ2n) is 0. The van der Waals surface area contributed by atoms with E-state index in [2.05, 4.69) is 0 Å². The van der Waals surface area contributed by atoms with Crippen LogP contribution in [0.4, 0.5) is 0 Å². The second kappa shape index (κ2) is 27.5. The largest absolute Gasteiger partial charge is 0 e. The minimum atomic E-state index is 0. The van der Waals surface area contributed by atoms with Gasteiger partial charge in [-0.15, -0.1) is 0 Å². The molecule has 0 spiro atoms. The van der Waals surface area contributed by atoms with Crippen molar-refractivity contribution in [3.05, 3.63) is 0 Å². The first-order valence-corrected chi connectivity index (χ1v) is 0. The first kappa shape index (κ1) is 42.6. The average molecular weight is 348 g/mol. The van der Waals surface area contributed by atoms with Crippen LogP contribution in [0.1, 0.15) is 0 Å². The van der Waals surface area contributed by atoms with E-state index in [9.17, 15) is 0 Å². The van der Waals surface area contributed by atoms with Gasteiger partial charge in [-0.05, 0) is 0 Å². The van der Waals surface area contributed by atoms with Gasteiger partial charge in [0.15, 0.2) is 0 Å². The first-order chi connectivity index (χ1) is 0. The van der Waals surface area contributed by atoms with Crippen LogP contribution in [-0.2, 0) is 97.7 Å². The zero-order chi connectivity index (χ0) is 0. The van der Waals surface area contributed by atoms with Crippen LogP contribution in [0.2, 0.25) is 0 Å². The molecule has 0 saturated carbocycles. The molecule has 0 N–H and O–H groups in total. The number of hydrogen-bond acceptors (Lipinski definition) is 0. The average Bonchev–Trinajstić information content (AvgIpc) is 0. The molecule has 0 amide bonds. The Morgan fingerprint density at radius 2 is 1.00 bits per heavy atom. The van der Waals surface area contributed by atoms with E-state index in [0.717, 1.165) is 0 Å². The third-order valence-corrected chi connectivity index (χ3v) is 0. The molecule has 0 unspecified atom stereocenters. The van der Waals surface area contributed by atoms with Crippen LogP contribution in [-0.4, -0.2) is 0 Å². The van der Waals surface area contributed by atoms with Crippen molar-refractivity contribution in [2.24, 2.45) is 0 Å². The quantitative estimate of drug-likeness (QED) is 0.541. The van der Waals surface area contributed by atoms with Gasteiger partial charge in [-0.2, -0.15) is 0 Å². The van der Waals surface area contributed by atoms with Crippen LogP contribution in [0, 0.1) is 0 Å². The van der Waals surface area contributed by atoms with E-state index >= 15 is 0 Å². The molecule has 28 valence electrons. The van der Waals surface area contributed by atoms with Gasteiger partial charge in [-0.3, -0.25) is 0 Å². The van der Waals surface area contributed by atoms with Crippen LogP contribution in [0.3, 0.4) is 0 Å². The van der Waals surface area contributed by atoms with Gasteiger partial charge in [0.05, 0.1) is 0 Å². The minimum absolute atomic E-state index is 0. The Balaban J connectivity index is 0. The van der Waals surface area contributed by atoms with Gasteiger partial charge in [0.2, 0.25) is 0 Å². The van der Waals surface area contributed by atoms with Crippen molar-refractivity contribution < 1.29 is 97.7 Å². The molecule has 0 aliphatic rings. The topological polar surface area (TPSA) is 0 Å². The Kier molecular flexibility index (Phi) is 235. The predicted molar refractivity (Wildman–Crippen MR) is 0 cm³/mol. The molecule has 0 bridgehead atoms. The molecule has 0 rings (SSSR count). The second-order valence-corrected chi connectivity index (χ2v) is 0. The molecule has 0 aliphatic carbocycles. The Hall–Kier alpha value is 3.09. The van der Waals surface area contributed by atoms with Crippen LogP contribution in [0.25, 0.3) is 0 Å². The van der Waals surface area contributed by atoms with E-state index in [1.165, 1.54) is 0 Å². The molecule has 2 radical (unpaired) electrons. The summed E-state index contributed by atoms with van der Waals surface area (Å²) < 4.78 is 0. The summed E-state index contributed by atoms with van der Waals surface area (Å²) in [5.41, 5.74) is 0. The van der Waals surface area contributed by atoms with Gasteiger partial charge in [-0.1, -0.05) is 0 Å². The van der Waals surface area contributed by atoms with Crippen LogP contribution in [0.15, 0.2) is 0 Å². The third-order valence-electron chi connectivity index (χ3n) is 0. The molecule has 0 aromatic carbocycles. The van der Waals surface area contributed by atoms with Crippen molar-refractivity contribution in [2.75, 3.05) is 0 Å². The molecule has 0 aliphatic heterocycles. The fourth-order valence-corrected chi connectivity index (χ4v) is 0. The van der Waals surface area contributed by atoms with Gasteiger partial charge < -0.3 is 0 Å². The molecule has 0 aromatic rings. The zero-order valence-electron chi connectivity index (χ0n) is 2.48. The molecule has 0 fully saturated rings. The van der Waals surface area contributed by atoms with Gasteiger partial charge >= 0.3 is 0 Å².